The summed E-state index contributed by atoms with van der Waals surface area (Å²) in [7, 11) is 0. The third kappa shape index (κ3) is 2.99. The van der Waals surface area contributed by atoms with Gasteiger partial charge in [-0.05, 0) is 31.4 Å². The van der Waals surface area contributed by atoms with Crippen molar-refractivity contribution in [1.29, 1.82) is 0 Å². The number of rotatable bonds is 5. The Morgan fingerprint density at radius 1 is 1.40 bits per heavy atom. The maximum Gasteiger partial charge on any atom is 0.160 e. The number of pyridine rings is 1. The van der Waals surface area contributed by atoms with E-state index in [9.17, 15) is 0 Å². The van der Waals surface area contributed by atoms with E-state index in [-0.39, 0.29) is 0 Å². The molecule has 0 bridgehead atoms. The van der Waals surface area contributed by atoms with Crippen molar-refractivity contribution >= 4 is 5.65 Å². The molecular formula is C15H22N4O. The maximum absolute atomic E-state index is 5.78. The smallest absolute Gasteiger partial charge is 0.160 e. The normalized spacial score (nSPS) is 23.2. The Kier molecular flexibility index (Phi) is 4.28. The molecule has 1 N–H and O–H groups in total. The van der Waals surface area contributed by atoms with E-state index in [0.29, 0.717) is 12.1 Å². The summed E-state index contributed by atoms with van der Waals surface area (Å²) in [6, 6.07) is 6.49. The molecule has 1 aliphatic heterocycles. The molecule has 5 heteroatoms. The van der Waals surface area contributed by atoms with Crippen molar-refractivity contribution in [3.05, 3.63) is 30.2 Å². The van der Waals surface area contributed by atoms with Crippen LogP contribution in [0.2, 0.25) is 0 Å². The van der Waals surface area contributed by atoms with Crippen LogP contribution in [0.5, 0.6) is 0 Å². The van der Waals surface area contributed by atoms with Gasteiger partial charge in [0.15, 0.2) is 11.5 Å². The largest absolute Gasteiger partial charge is 0.378 e. The van der Waals surface area contributed by atoms with Gasteiger partial charge in [0.2, 0.25) is 0 Å². The monoisotopic (exact) mass is 274 g/mol. The molecule has 5 nitrogen and oxygen atoms in total. The number of aromatic nitrogens is 3. The lowest BCUT2D eigenvalue weighted by Crippen LogP contribution is -2.38. The molecule has 1 saturated heterocycles. The minimum atomic E-state index is 0.418. The van der Waals surface area contributed by atoms with Crippen molar-refractivity contribution in [3.63, 3.8) is 0 Å². The molecule has 108 valence electrons. The molecule has 0 spiro atoms. The fourth-order valence-corrected chi connectivity index (χ4v) is 2.84. The molecule has 2 atom stereocenters. The van der Waals surface area contributed by atoms with Crippen LogP contribution in [0.3, 0.4) is 0 Å². The molecule has 3 rings (SSSR count). The van der Waals surface area contributed by atoms with Gasteiger partial charge in [0.05, 0.1) is 12.6 Å². The summed E-state index contributed by atoms with van der Waals surface area (Å²) in [6.07, 6.45) is 6.96. The maximum atomic E-state index is 5.78. The van der Waals surface area contributed by atoms with E-state index in [1.165, 1.54) is 6.42 Å². The van der Waals surface area contributed by atoms with Gasteiger partial charge in [0.25, 0.3) is 0 Å². The number of nitrogens with one attached hydrogen (secondary N) is 1. The highest BCUT2D eigenvalue weighted by Crippen LogP contribution is 2.18. The van der Waals surface area contributed by atoms with Gasteiger partial charge >= 0.3 is 0 Å². The van der Waals surface area contributed by atoms with Gasteiger partial charge in [-0.2, -0.15) is 0 Å². The van der Waals surface area contributed by atoms with Crippen LogP contribution in [0.1, 0.15) is 38.4 Å². The first-order valence-corrected chi connectivity index (χ1v) is 7.50. The van der Waals surface area contributed by atoms with Crippen LogP contribution in [0, 0.1) is 0 Å². The van der Waals surface area contributed by atoms with Crippen LogP contribution in [-0.2, 0) is 11.3 Å². The van der Waals surface area contributed by atoms with Crippen molar-refractivity contribution in [2.45, 2.75) is 51.3 Å². The zero-order valence-electron chi connectivity index (χ0n) is 12.0. The molecule has 1 fully saturated rings. The lowest BCUT2D eigenvalue weighted by Gasteiger charge is -2.30. The highest BCUT2D eigenvalue weighted by atomic mass is 16.5. The zero-order valence-corrected chi connectivity index (χ0v) is 12.0. The number of nitrogens with zero attached hydrogens (tertiary/aromatic N) is 3. The molecule has 3 heterocycles. The predicted molar refractivity (Wildman–Crippen MR) is 77.5 cm³/mol. The average Bonchev–Trinajstić information content (AvgIpc) is 2.89. The fourth-order valence-electron chi connectivity index (χ4n) is 2.84. The van der Waals surface area contributed by atoms with E-state index in [0.717, 1.165) is 43.9 Å². The minimum Gasteiger partial charge on any atom is -0.378 e. The van der Waals surface area contributed by atoms with Gasteiger partial charge in [-0.15, -0.1) is 10.2 Å². The van der Waals surface area contributed by atoms with Crippen molar-refractivity contribution in [2.24, 2.45) is 0 Å². The van der Waals surface area contributed by atoms with Crippen molar-refractivity contribution in [2.75, 3.05) is 6.61 Å². The van der Waals surface area contributed by atoms with E-state index in [1.807, 2.05) is 28.8 Å². The molecule has 0 saturated carbocycles. The summed E-state index contributed by atoms with van der Waals surface area (Å²) in [5, 5.41) is 12.0. The third-order valence-corrected chi connectivity index (χ3v) is 3.91. The second kappa shape index (κ2) is 6.33. The predicted octanol–water partition coefficient (Wildman–Crippen LogP) is 2.17. The van der Waals surface area contributed by atoms with Gasteiger partial charge in [-0.1, -0.05) is 19.4 Å². The zero-order chi connectivity index (χ0) is 13.8. The Morgan fingerprint density at radius 2 is 2.35 bits per heavy atom. The first kappa shape index (κ1) is 13.5. The van der Waals surface area contributed by atoms with E-state index in [4.69, 9.17) is 4.74 Å². The quantitative estimate of drug-likeness (QED) is 0.908. The van der Waals surface area contributed by atoms with E-state index < -0.39 is 0 Å². The van der Waals surface area contributed by atoms with Gasteiger partial charge in [-0.25, -0.2) is 0 Å². The van der Waals surface area contributed by atoms with Crippen LogP contribution in [-0.4, -0.2) is 33.4 Å². The molecule has 2 unspecified atom stereocenters. The second-order valence-electron chi connectivity index (χ2n) is 5.43. The van der Waals surface area contributed by atoms with Crippen LogP contribution >= 0.6 is 0 Å². The Bertz CT molecular complexity index is 552. The molecule has 0 aromatic carbocycles. The summed E-state index contributed by atoms with van der Waals surface area (Å²) in [4.78, 5) is 0. The van der Waals surface area contributed by atoms with E-state index in [1.54, 1.807) is 0 Å². The third-order valence-electron chi connectivity index (χ3n) is 3.91. The molecule has 0 radical (unpaired) electrons. The topological polar surface area (TPSA) is 51.5 Å². The molecule has 2 aromatic heterocycles. The van der Waals surface area contributed by atoms with Crippen LogP contribution < -0.4 is 5.32 Å². The summed E-state index contributed by atoms with van der Waals surface area (Å²) >= 11 is 0. The SMILES string of the molecule is CCCC1CC(NCc2nnc3ccccn23)CCO1. The van der Waals surface area contributed by atoms with Crippen molar-refractivity contribution < 1.29 is 4.74 Å². The number of ether oxygens (including phenoxy) is 1. The molecule has 0 aliphatic carbocycles. The second-order valence-corrected chi connectivity index (χ2v) is 5.43. The number of fused-ring (bicyclic) bond motifs is 1. The van der Waals surface area contributed by atoms with Crippen LogP contribution in [0.4, 0.5) is 0 Å². The Labute approximate surface area is 119 Å². The van der Waals surface area contributed by atoms with Crippen LogP contribution in [0.25, 0.3) is 5.65 Å². The Hall–Kier alpha value is -1.46. The lowest BCUT2D eigenvalue weighted by atomic mass is 10.0. The van der Waals surface area contributed by atoms with E-state index in [2.05, 4.69) is 22.4 Å². The minimum absolute atomic E-state index is 0.418. The highest BCUT2D eigenvalue weighted by molar-refractivity contribution is 5.36. The fraction of sp³-hybridized carbons (Fsp3) is 0.600. The van der Waals surface area contributed by atoms with Gasteiger partial charge in [-0.3, -0.25) is 4.40 Å². The van der Waals surface area contributed by atoms with Gasteiger partial charge in [0, 0.05) is 18.8 Å². The molecule has 20 heavy (non-hydrogen) atoms. The Balaban J connectivity index is 1.59. The summed E-state index contributed by atoms with van der Waals surface area (Å²) in [6.45, 7) is 3.83. The van der Waals surface area contributed by atoms with E-state index >= 15 is 0 Å². The number of hydrogen-bond donors (Lipinski definition) is 1. The number of hydrogen-bond acceptors (Lipinski definition) is 4. The van der Waals surface area contributed by atoms with Gasteiger partial charge < -0.3 is 10.1 Å². The van der Waals surface area contributed by atoms with Crippen LogP contribution in [0.15, 0.2) is 24.4 Å². The summed E-state index contributed by atoms with van der Waals surface area (Å²) in [5.74, 6) is 0.971. The molecule has 2 aromatic rings. The molecular weight excluding hydrogens is 252 g/mol. The van der Waals surface area contributed by atoms with Crippen molar-refractivity contribution in [3.8, 4) is 0 Å². The standard InChI is InChI=1S/C15H22N4O/c1-2-5-13-10-12(7-9-20-13)16-11-15-18-17-14-6-3-4-8-19(14)15/h3-4,6,8,12-13,16H,2,5,7,9-11H2,1H3. The van der Waals surface area contributed by atoms with Gasteiger partial charge in [0.1, 0.15) is 0 Å². The summed E-state index contributed by atoms with van der Waals surface area (Å²) in [5.41, 5.74) is 0.903. The first-order valence-electron chi connectivity index (χ1n) is 7.50. The lowest BCUT2D eigenvalue weighted by molar-refractivity contribution is -0.00354. The average molecular weight is 274 g/mol. The summed E-state index contributed by atoms with van der Waals surface area (Å²) < 4.78 is 7.82. The van der Waals surface area contributed by atoms with Crippen molar-refractivity contribution in [1.82, 2.24) is 19.9 Å². The molecule has 0 amide bonds. The Morgan fingerprint density at radius 3 is 3.25 bits per heavy atom. The highest BCUT2D eigenvalue weighted by Gasteiger charge is 2.21. The first-order chi connectivity index (χ1) is 9.86. The molecule has 1 aliphatic rings.